The van der Waals surface area contributed by atoms with Crippen LogP contribution in [0.4, 0.5) is 0 Å². The number of carbonyl (C=O) groups excluding carboxylic acids is 1. The van der Waals surface area contributed by atoms with E-state index < -0.39 is 23.5 Å². The Kier molecular flexibility index (Phi) is 5.01. The predicted octanol–water partition coefficient (Wildman–Crippen LogP) is 0.795. The zero-order valence-corrected chi connectivity index (χ0v) is 12.0. The van der Waals surface area contributed by atoms with Crippen molar-refractivity contribution >= 4 is 11.9 Å². The Balaban J connectivity index is 3.11. The predicted molar refractivity (Wildman–Crippen MR) is 72.9 cm³/mol. The number of hydrogen-bond donors (Lipinski definition) is 3. The molecule has 0 aliphatic heterocycles. The number of carboxylic acid groups (broad SMARTS) is 1. The van der Waals surface area contributed by atoms with Gasteiger partial charge in [0.15, 0.2) is 0 Å². The topological polar surface area (TPSA) is 112 Å². The number of nitrogens with zero attached hydrogens (tertiary/aromatic N) is 1. The van der Waals surface area contributed by atoms with E-state index in [1.165, 1.54) is 0 Å². The highest BCUT2D eigenvalue weighted by atomic mass is 16.4. The van der Waals surface area contributed by atoms with Crippen molar-refractivity contribution in [2.45, 2.75) is 46.1 Å². The van der Waals surface area contributed by atoms with E-state index in [4.69, 9.17) is 5.11 Å². The van der Waals surface area contributed by atoms with Crippen LogP contribution in [-0.2, 0) is 4.79 Å². The molecule has 0 aliphatic carbocycles. The molecule has 1 aromatic heterocycles. The minimum atomic E-state index is -1.14. The monoisotopic (exact) mass is 281 g/mol. The van der Waals surface area contributed by atoms with Gasteiger partial charge in [0.2, 0.25) is 0 Å². The Labute approximate surface area is 116 Å². The van der Waals surface area contributed by atoms with Crippen molar-refractivity contribution in [3.05, 3.63) is 27.4 Å². The number of aromatic amines is 1. The number of nitrogens with one attached hydrogen (secondary N) is 2. The van der Waals surface area contributed by atoms with E-state index in [1.807, 2.05) is 13.8 Å². The van der Waals surface area contributed by atoms with Crippen molar-refractivity contribution in [3.8, 4) is 0 Å². The largest absolute Gasteiger partial charge is 0.480 e. The lowest BCUT2D eigenvalue weighted by atomic mass is 10.1. The lowest BCUT2D eigenvalue weighted by molar-refractivity contribution is -0.139. The van der Waals surface area contributed by atoms with Crippen molar-refractivity contribution in [2.24, 2.45) is 0 Å². The summed E-state index contributed by atoms with van der Waals surface area (Å²) in [5.41, 5.74) is -0.414. The first-order valence-electron chi connectivity index (χ1n) is 6.42. The first kappa shape index (κ1) is 15.9. The number of aryl methyl sites for hydroxylation is 1. The first-order chi connectivity index (χ1) is 9.27. The van der Waals surface area contributed by atoms with Crippen molar-refractivity contribution in [2.75, 3.05) is 0 Å². The minimum absolute atomic E-state index is 0.0286. The zero-order chi connectivity index (χ0) is 15.4. The molecule has 1 atom stereocenters. The molecule has 1 amide bonds. The molecule has 0 saturated carbocycles. The Morgan fingerprint density at radius 2 is 2.00 bits per heavy atom. The second-order valence-corrected chi connectivity index (χ2v) is 4.84. The molecule has 0 saturated heterocycles. The highest BCUT2D eigenvalue weighted by molar-refractivity contribution is 5.97. The summed E-state index contributed by atoms with van der Waals surface area (Å²) in [6.45, 7) is 6.93. The smallest absolute Gasteiger partial charge is 0.326 e. The number of carbonyl (C=O) groups is 2. The number of rotatable bonds is 5. The Morgan fingerprint density at radius 3 is 2.40 bits per heavy atom. The number of carboxylic acids is 1. The fraction of sp³-hybridized carbons (Fsp3) is 0.538. The molecule has 0 bridgehead atoms. The molecule has 7 nitrogen and oxygen atoms in total. The van der Waals surface area contributed by atoms with Gasteiger partial charge in [0.05, 0.1) is 5.69 Å². The van der Waals surface area contributed by atoms with Gasteiger partial charge in [0.1, 0.15) is 17.4 Å². The summed E-state index contributed by atoms with van der Waals surface area (Å²) in [7, 11) is 0. The molecule has 110 valence electrons. The average Bonchev–Trinajstić information content (AvgIpc) is 2.34. The molecule has 0 fully saturated rings. The van der Waals surface area contributed by atoms with Crippen molar-refractivity contribution in [1.82, 2.24) is 15.3 Å². The standard InChI is InChI=1S/C13H19N3O4/c1-5-8(13(19)20)15-11(17)9-7(4)14-10(6(2)3)16-12(9)18/h6,8H,5H2,1-4H3,(H,15,17)(H,19,20)(H,14,16,18)/t8-/m0/s1. The maximum absolute atomic E-state index is 12.0. The third-order valence-corrected chi connectivity index (χ3v) is 2.90. The van der Waals surface area contributed by atoms with Gasteiger partial charge in [-0.2, -0.15) is 0 Å². The second-order valence-electron chi connectivity index (χ2n) is 4.84. The molecule has 0 spiro atoms. The van der Waals surface area contributed by atoms with Crippen LogP contribution in [0.3, 0.4) is 0 Å². The molecule has 20 heavy (non-hydrogen) atoms. The number of hydrogen-bond acceptors (Lipinski definition) is 4. The van der Waals surface area contributed by atoms with E-state index in [1.54, 1.807) is 13.8 Å². The molecule has 1 heterocycles. The highest BCUT2D eigenvalue weighted by Gasteiger charge is 2.22. The minimum Gasteiger partial charge on any atom is -0.480 e. The number of aromatic nitrogens is 2. The van der Waals surface area contributed by atoms with Gasteiger partial charge in [0.25, 0.3) is 11.5 Å². The fourth-order valence-corrected chi connectivity index (χ4v) is 1.72. The summed E-state index contributed by atoms with van der Waals surface area (Å²) in [5.74, 6) is -1.34. The van der Waals surface area contributed by atoms with Crippen LogP contribution >= 0.6 is 0 Å². The van der Waals surface area contributed by atoms with E-state index in [9.17, 15) is 14.4 Å². The number of aliphatic carboxylic acids is 1. The molecule has 3 N–H and O–H groups in total. The molecular weight excluding hydrogens is 262 g/mol. The zero-order valence-electron chi connectivity index (χ0n) is 12.0. The van der Waals surface area contributed by atoms with Gasteiger partial charge in [-0.1, -0.05) is 20.8 Å². The average molecular weight is 281 g/mol. The molecular formula is C13H19N3O4. The number of H-pyrrole nitrogens is 1. The maximum Gasteiger partial charge on any atom is 0.326 e. The van der Waals surface area contributed by atoms with Crippen LogP contribution in [0.2, 0.25) is 0 Å². The number of amides is 1. The van der Waals surface area contributed by atoms with E-state index in [2.05, 4.69) is 15.3 Å². The van der Waals surface area contributed by atoms with Crippen molar-refractivity contribution in [3.63, 3.8) is 0 Å². The van der Waals surface area contributed by atoms with Crippen LogP contribution in [0.25, 0.3) is 0 Å². The lowest BCUT2D eigenvalue weighted by Crippen LogP contribution is -2.42. The molecule has 0 aromatic carbocycles. The Morgan fingerprint density at radius 1 is 1.40 bits per heavy atom. The summed E-state index contributed by atoms with van der Waals surface area (Å²) in [6, 6.07) is -1.02. The van der Waals surface area contributed by atoms with Crippen LogP contribution < -0.4 is 10.9 Å². The van der Waals surface area contributed by atoms with Gasteiger partial charge in [0, 0.05) is 5.92 Å². The van der Waals surface area contributed by atoms with E-state index >= 15 is 0 Å². The summed E-state index contributed by atoms with van der Waals surface area (Å²) in [5, 5.41) is 11.2. The lowest BCUT2D eigenvalue weighted by Gasteiger charge is -2.13. The van der Waals surface area contributed by atoms with Crippen molar-refractivity contribution < 1.29 is 14.7 Å². The highest BCUT2D eigenvalue weighted by Crippen LogP contribution is 2.09. The summed E-state index contributed by atoms with van der Waals surface area (Å²) < 4.78 is 0. The molecule has 1 rings (SSSR count). The summed E-state index contributed by atoms with van der Waals surface area (Å²) in [6.07, 6.45) is 0.232. The van der Waals surface area contributed by atoms with Crippen molar-refractivity contribution in [1.29, 1.82) is 0 Å². The third-order valence-electron chi connectivity index (χ3n) is 2.90. The van der Waals surface area contributed by atoms with Crippen LogP contribution in [0.1, 0.15) is 55.0 Å². The fourth-order valence-electron chi connectivity index (χ4n) is 1.72. The Bertz CT molecular complexity index is 577. The van der Waals surface area contributed by atoms with Gasteiger partial charge in [-0.15, -0.1) is 0 Å². The van der Waals surface area contributed by atoms with E-state index in [0.717, 1.165) is 0 Å². The quantitative estimate of drug-likeness (QED) is 0.738. The van der Waals surface area contributed by atoms with Gasteiger partial charge in [-0.25, -0.2) is 9.78 Å². The van der Waals surface area contributed by atoms with Crippen LogP contribution in [0, 0.1) is 6.92 Å². The third kappa shape index (κ3) is 3.43. The molecule has 0 radical (unpaired) electrons. The van der Waals surface area contributed by atoms with Gasteiger partial charge < -0.3 is 15.4 Å². The first-order valence-corrected chi connectivity index (χ1v) is 6.42. The summed E-state index contributed by atoms with van der Waals surface area (Å²) >= 11 is 0. The van der Waals surface area contributed by atoms with Crippen LogP contribution in [0.5, 0.6) is 0 Å². The summed E-state index contributed by atoms with van der Waals surface area (Å²) in [4.78, 5) is 41.6. The SMILES string of the molecule is CC[C@H](NC(=O)c1c(C)nc(C(C)C)[nH]c1=O)C(=O)O. The van der Waals surface area contributed by atoms with Gasteiger partial charge in [-0.3, -0.25) is 9.59 Å². The van der Waals surface area contributed by atoms with Crippen LogP contribution in [0.15, 0.2) is 4.79 Å². The maximum atomic E-state index is 12.0. The van der Waals surface area contributed by atoms with Gasteiger partial charge in [-0.05, 0) is 13.3 Å². The van der Waals surface area contributed by atoms with E-state index in [-0.39, 0.29) is 23.6 Å². The van der Waals surface area contributed by atoms with Gasteiger partial charge >= 0.3 is 5.97 Å². The normalized spacial score (nSPS) is 12.2. The van der Waals surface area contributed by atoms with E-state index in [0.29, 0.717) is 5.82 Å². The molecule has 1 aromatic rings. The Hall–Kier alpha value is -2.18. The molecule has 0 aliphatic rings. The molecule has 0 unspecified atom stereocenters. The second kappa shape index (κ2) is 6.31. The van der Waals surface area contributed by atoms with Crippen LogP contribution in [-0.4, -0.2) is 33.0 Å². The molecule has 7 heteroatoms.